The third-order valence-electron chi connectivity index (χ3n) is 6.67. The second kappa shape index (κ2) is 5.53. The molecule has 2 N–H and O–H groups in total. The van der Waals surface area contributed by atoms with Gasteiger partial charge >= 0.3 is 6.29 Å². The largest absolute Gasteiger partial charge is 0.586 e. The molecule has 2 aliphatic carbocycles. The number of hydrogen-bond acceptors (Lipinski definition) is 3. The van der Waals surface area contributed by atoms with E-state index in [9.17, 15) is 13.6 Å². The third-order valence-corrected chi connectivity index (χ3v) is 6.67. The molecule has 2 saturated carbocycles. The summed E-state index contributed by atoms with van der Waals surface area (Å²) in [5.41, 5.74) is 3.18. The lowest BCUT2D eigenvalue weighted by atomic mass is 9.94. The van der Waals surface area contributed by atoms with Crippen LogP contribution < -0.4 is 14.8 Å². The molecule has 0 spiro atoms. The van der Waals surface area contributed by atoms with Crippen LogP contribution in [0.15, 0.2) is 42.5 Å². The van der Waals surface area contributed by atoms with E-state index in [1.54, 1.807) is 6.07 Å². The highest BCUT2D eigenvalue weighted by Crippen LogP contribution is 2.52. The van der Waals surface area contributed by atoms with Crippen LogP contribution in [-0.4, -0.2) is 17.2 Å². The lowest BCUT2D eigenvalue weighted by molar-refractivity contribution is -0.286. The molecule has 154 valence electrons. The molecule has 0 atom stereocenters. The average Bonchev–Trinajstić information content (AvgIpc) is 3.58. The first-order valence-corrected chi connectivity index (χ1v) is 10.1. The van der Waals surface area contributed by atoms with Gasteiger partial charge in [-0.1, -0.05) is 13.0 Å². The van der Waals surface area contributed by atoms with Gasteiger partial charge in [-0.05, 0) is 67.6 Å². The van der Waals surface area contributed by atoms with E-state index in [1.165, 1.54) is 30.7 Å². The molecule has 6 rings (SSSR count). The zero-order chi connectivity index (χ0) is 20.7. The molecule has 1 amide bonds. The second-order valence-corrected chi connectivity index (χ2v) is 8.91. The zero-order valence-electron chi connectivity index (χ0n) is 16.4. The minimum atomic E-state index is -3.66. The molecule has 30 heavy (non-hydrogen) atoms. The predicted octanol–water partition coefficient (Wildman–Crippen LogP) is 5.21. The fraction of sp³-hybridized carbons (Fsp3) is 0.348. The number of amides is 1. The van der Waals surface area contributed by atoms with Gasteiger partial charge in [0.1, 0.15) is 0 Å². The van der Waals surface area contributed by atoms with E-state index in [0.717, 1.165) is 16.6 Å². The van der Waals surface area contributed by atoms with Crippen molar-refractivity contribution in [3.05, 3.63) is 53.7 Å². The van der Waals surface area contributed by atoms with Gasteiger partial charge < -0.3 is 19.8 Å². The molecule has 0 bridgehead atoms. The third kappa shape index (κ3) is 2.68. The predicted molar refractivity (Wildman–Crippen MR) is 107 cm³/mol. The number of aromatic amines is 1. The van der Waals surface area contributed by atoms with Crippen molar-refractivity contribution >= 4 is 22.5 Å². The van der Waals surface area contributed by atoms with Crippen LogP contribution in [0.5, 0.6) is 11.5 Å². The number of carbonyl (C=O) groups is 1. The van der Waals surface area contributed by atoms with Gasteiger partial charge in [0.15, 0.2) is 11.5 Å². The number of benzene rings is 2. The molecule has 0 radical (unpaired) electrons. The summed E-state index contributed by atoms with van der Waals surface area (Å²) in [4.78, 5) is 16.6. The van der Waals surface area contributed by atoms with Crippen LogP contribution in [0, 0.1) is 0 Å². The minimum Gasteiger partial charge on any atom is -0.395 e. The van der Waals surface area contributed by atoms with E-state index in [1.807, 2.05) is 18.2 Å². The van der Waals surface area contributed by atoms with Crippen molar-refractivity contribution in [3.8, 4) is 11.5 Å². The van der Waals surface area contributed by atoms with E-state index < -0.39 is 11.7 Å². The molecule has 2 fully saturated rings. The van der Waals surface area contributed by atoms with Crippen LogP contribution in [0.1, 0.15) is 43.9 Å². The number of anilines is 1. The van der Waals surface area contributed by atoms with Crippen molar-refractivity contribution in [1.82, 2.24) is 4.98 Å². The van der Waals surface area contributed by atoms with Crippen molar-refractivity contribution in [2.24, 2.45) is 0 Å². The van der Waals surface area contributed by atoms with E-state index in [4.69, 9.17) is 0 Å². The standard InChI is InChI=1S/C23H20F2N2O3/c1-21(6-7-21)19-11-13-10-15(3-4-16(13)27-19)26-20(28)22(8-9-22)14-2-5-17-18(12-14)30-23(24,25)29-17/h2-5,10-12,27H,6-9H2,1H3,(H,26,28). The summed E-state index contributed by atoms with van der Waals surface area (Å²) in [6.45, 7) is 2.25. The Bertz CT molecular complexity index is 1210. The van der Waals surface area contributed by atoms with Gasteiger partial charge in [0.2, 0.25) is 5.91 Å². The van der Waals surface area contributed by atoms with Gasteiger partial charge in [0.05, 0.1) is 5.41 Å². The van der Waals surface area contributed by atoms with Crippen LogP contribution in [0.25, 0.3) is 10.9 Å². The van der Waals surface area contributed by atoms with E-state index in [-0.39, 0.29) is 22.8 Å². The topological polar surface area (TPSA) is 63.4 Å². The van der Waals surface area contributed by atoms with Gasteiger partial charge in [0, 0.05) is 27.7 Å². The molecule has 1 aliphatic heterocycles. The van der Waals surface area contributed by atoms with Crippen LogP contribution >= 0.6 is 0 Å². The van der Waals surface area contributed by atoms with Gasteiger partial charge in [-0.3, -0.25) is 4.79 Å². The Morgan fingerprint density at radius 2 is 1.77 bits per heavy atom. The minimum absolute atomic E-state index is 0.0157. The van der Waals surface area contributed by atoms with Crippen molar-refractivity contribution in [2.45, 2.75) is 49.7 Å². The van der Waals surface area contributed by atoms with Gasteiger partial charge in [-0.25, -0.2) is 0 Å². The molecular formula is C23H20F2N2O3. The van der Waals surface area contributed by atoms with Crippen molar-refractivity contribution < 1.29 is 23.0 Å². The number of aromatic nitrogens is 1. The van der Waals surface area contributed by atoms with Gasteiger partial charge in [-0.2, -0.15) is 0 Å². The molecule has 3 aromatic rings. The molecular weight excluding hydrogens is 390 g/mol. The number of nitrogens with one attached hydrogen (secondary N) is 2. The first kappa shape index (κ1) is 17.7. The number of halogens is 2. The van der Waals surface area contributed by atoms with Gasteiger partial charge in [0.25, 0.3) is 0 Å². The lowest BCUT2D eigenvalue weighted by Gasteiger charge is -2.16. The number of carbonyl (C=O) groups excluding carboxylic acids is 1. The summed E-state index contributed by atoms with van der Waals surface area (Å²) in [5.74, 6) is -0.193. The molecule has 0 saturated heterocycles. The molecule has 1 aromatic heterocycles. The molecule has 2 heterocycles. The summed E-state index contributed by atoms with van der Waals surface area (Å²) < 4.78 is 35.6. The highest BCUT2D eigenvalue weighted by atomic mass is 19.3. The second-order valence-electron chi connectivity index (χ2n) is 8.91. The normalized spacial score (nSPS) is 21.4. The number of ether oxygens (including phenoxy) is 2. The Morgan fingerprint density at radius 1 is 1.00 bits per heavy atom. The Morgan fingerprint density at radius 3 is 2.50 bits per heavy atom. The number of rotatable bonds is 4. The van der Waals surface area contributed by atoms with Gasteiger partial charge in [-0.15, -0.1) is 8.78 Å². The fourth-order valence-electron chi connectivity index (χ4n) is 4.26. The Balaban J connectivity index is 1.25. The molecule has 0 unspecified atom stereocenters. The Hall–Kier alpha value is -3.09. The number of alkyl halides is 2. The lowest BCUT2D eigenvalue weighted by Crippen LogP contribution is -2.27. The number of H-pyrrole nitrogens is 1. The van der Waals surface area contributed by atoms with Crippen LogP contribution in [0.2, 0.25) is 0 Å². The molecule has 2 aromatic carbocycles. The Kier molecular flexibility index (Phi) is 3.27. The maximum atomic E-state index is 13.3. The Labute approximate surface area is 171 Å². The van der Waals surface area contributed by atoms with Crippen molar-refractivity contribution in [2.75, 3.05) is 5.32 Å². The average molecular weight is 410 g/mol. The highest BCUT2D eigenvalue weighted by molar-refractivity contribution is 6.02. The van der Waals surface area contributed by atoms with Crippen LogP contribution in [-0.2, 0) is 15.6 Å². The monoisotopic (exact) mass is 410 g/mol. The van der Waals surface area contributed by atoms with Crippen LogP contribution in [0.3, 0.4) is 0 Å². The van der Waals surface area contributed by atoms with E-state index in [0.29, 0.717) is 18.4 Å². The SMILES string of the molecule is CC1(c2cc3cc(NC(=O)C4(c5ccc6c(c5)OC(F)(F)O6)CC4)ccc3[nH]2)CC1. The summed E-state index contributed by atoms with van der Waals surface area (Å²) in [6, 6.07) is 12.6. The van der Waals surface area contributed by atoms with Crippen LogP contribution in [0.4, 0.5) is 14.5 Å². The zero-order valence-corrected chi connectivity index (χ0v) is 16.4. The smallest absolute Gasteiger partial charge is 0.395 e. The molecule has 3 aliphatic rings. The van der Waals surface area contributed by atoms with E-state index in [2.05, 4.69) is 32.8 Å². The highest BCUT2D eigenvalue weighted by Gasteiger charge is 2.52. The molecule has 5 nitrogen and oxygen atoms in total. The summed E-state index contributed by atoms with van der Waals surface area (Å²) in [5, 5.41) is 4.07. The molecule has 7 heteroatoms. The fourth-order valence-corrected chi connectivity index (χ4v) is 4.26. The summed E-state index contributed by atoms with van der Waals surface area (Å²) in [6.07, 6.45) is 0.0244. The van der Waals surface area contributed by atoms with E-state index >= 15 is 0 Å². The number of fused-ring (bicyclic) bond motifs is 2. The summed E-state index contributed by atoms with van der Waals surface area (Å²) >= 11 is 0. The maximum absolute atomic E-state index is 13.3. The first-order valence-electron chi connectivity index (χ1n) is 10.1. The van der Waals surface area contributed by atoms with Crippen molar-refractivity contribution in [1.29, 1.82) is 0 Å². The quantitative estimate of drug-likeness (QED) is 0.621. The van der Waals surface area contributed by atoms with Crippen molar-refractivity contribution in [3.63, 3.8) is 0 Å². The summed E-state index contributed by atoms with van der Waals surface area (Å²) in [7, 11) is 0. The first-order chi connectivity index (χ1) is 14.3. The maximum Gasteiger partial charge on any atom is 0.586 e. The number of hydrogen-bond donors (Lipinski definition) is 2.